The van der Waals surface area contributed by atoms with Crippen LogP contribution in [0.2, 0.25) is 0 Å². The maximum Gasteiger partial charge on any atom is 0.0930 e. The third-order valence-electron chi connectivity index (χ3n) is 4.45. The maximum atomic E-state index is 10.6. The summed E-state index contributed by atoms with van der Waals surface area (Å²) in [6.07, 6.45) is 11.8. The second-order valence-corrected chi connectivity index (χ2v) is 6.03. The van der Waals surface area contributed by atoms with Gasteiger partial charge in [0.05, 0.1) is 11.2 Å². The van der Waals surface area contributed by atoms with Crippen molar-refractivity contribution in [1.29, 1.82) is 0 Å². The van der Waals surface area contributed by atoms with Crippen LogP contribution in [-0.2, 0) is 0 Å². The molecule has 1 aliphatic rings. The fourth-order valence-electron chi connectivity index (χ4n) is 2.98. The average Bonchev–Trinajstić information content (AvgIpc) is 2.28. The Labute approximate surface area is 106 Å². The summed E-state index contributed by atoms with van der Waals surface area (Å²) in [5.41, 5.74) is -1.69. The van der Waals surface area contributed by atoms with Gasteiger partial charge in [-0.3, -0.25) is 0 Å². The summed E-state index contributed by atoms with van der Waals surface area (Å²) >= 11 is 0. The lowest BCUT2D eigenvalue weighted by atomic mass is 9.70. The zero-order valence-corrected chi connectivity index (χ0v) is 11.7. The standard InChI is InChI=1S/C15H30O2/c1-3-4-5-6-7-8-12-15(17)13-10-9-11-14(15,2)16/h16-17H,3-13H2,1-2H3/t14-,15-/m0/s1. The van der Waals surface area contributed by atoms with Crippen LogP contribution in [0.5, 0.6) is 0 Å². The molecule has 0 bridgehead atoms. The van der Waals surface area contributed by atoms with E-state index in [-0.39, 0.29) is 0 Å². The molecule has 17 heavy (non-hydrogen) atoms. The summed E-state index contributed by atoms with van der Waals surface area (Å²) in [4.78, 5) is 0. The van der Waals surface area contributed by atoms with E-state index in [1.807, 2.05) is 6.92 Å². The van der Waals surface area contributed by atoms with E-state index in [1.165, 1.54) is 32.1 Å². The Morgan fingerprint density at radius 1 is 0.882 bits per heavy atom. The van der Waals surface area contributed by atoms with E-state index in [2.05, 4.69) is 6.92 Å². The van der Waals surface area contributed by atoms with E-state index in [4.69, 9.17) is 0 Å². The van der Waals surface area contributed by atoms with Crippen molar-refractivity contribution in [3.63, 3.8) is 0 Å². The molecule has 2 N–H and O–H groups in total. The third-order valence-corrected chi connectivity index (χ3v) is 4.45. The second-order valence-electron chi connectivity index (χ2n) is 6.03. The summed E-state index contributed by atoms with van der Waals surface area (Å²) in [6, 6.07) is 0. The molecule has 0 radical (unpaired) electrons. The SMILES string of the molecule is CCCCCCCC[C@]1(O)CCCC[C@]1(C)O. The minimum Gasteiger partial charge on any atom is -0.387 e. The van der Waals surface area contributed by atoms with E-state index >= 15 is 0 Å². The number of hydrogen-bond acceptors (Lipinski definition) is 2. The maximum absolute atomic E-state index is 10.6. The van der Waals surface area contributed by atoms with Gasteiger partial charge in [0, 0.05) is 0 Å². The molecule has 0 aromatic carbocycles. The highest BCUT2D eigenvalue weighted by Crippen LogP contribution is 2.40. The molecule has 2 nitrogen and oxygen atoms in total. The van der Waals surface area contributed by atoms with Crippen molar-refractivity contribution in [2.24, 2.45) is 0 Å². The van der Waals surface area contributed by atoms with Gasteiger partial charge in [-0.05, 0) is 26.2 Å². The van der Waals surface area contributed by atoms with Crippen LogP contribution < -0.4 is 0 Å². The van der Waals surface area contributed by atoms with Gasteiger partial charge in [0.25, 0.3) is 0 Å². The molecule has 1 aliphatic carbocycles. The third kappa shape index (κ3) is 4.26. The average molecular weight is 242 g/mol. The van der Waals surface area contributed by atoms with Crippen molar-refractivity contribution in [2.45, 2.75) is 95.7 Å². The summed E-state index contributed by atoms with van der Waals surface area (Å²) in [5.74, 6) is 0. The Bertz CT molecular complexity index is 213. The lowest BCUT2D eigenvalue weighted by Gasteiger charge is -2.45. The fourth-order valence-corrected chi connectivity index (χ4v) is 2.98. The van der Waals surface area contributed by atoms with Crippen LogP contribution in [0, 0.1) is 0 Å². The molecule has 0 heterocycles. The first-order valence-electron chi connectivity index (χ1n) is 7.46. The number of aliphatic hydroxyl groups is 2. The molecule has 2 heteroatoms. The van der Waals surface area contributed by atoms with Crippen LogP contribution in [0.3, 0.4) is 0 Å². The van der Waals surface area contributed by atoms with Crippen molar-refractivity contribution in [2.75, 3.05) is 0 Å². The molecule has 0 saturated heterocycles. The van der Waals surface area contributed by atoms with Gasteiger partial charge in [0.2, 0.25) is 0 Å². The van der Waals surface area contributed by atoms with Gasteiger partial charge in [-0.25, -0.2) is 0 Å². The number of unbranched alkanes of at least 4 members (excludes halogenated alkanes) is 5. The highest BCUT2D eigenvalue weighted by atomic mass is 16.4. The first-order chi connectivity index (χ1) is 8.02. The zero-order chi connectivity index (χ0) is 12.8. The van der Waals surface area contributed by atoms with Crippen LogP contribution in [0.15, 0.2) is 0 Å². The van der Waals surface area contributed by atoms with Crippen LogP contribution in [0.1, 0.15) is 84.5 Å². The molecule has 102 valence electrons. The lowest BCUT2D eigenvalue weighted by molar-refractivity contribution is -0.169. The summed E-state index contributed by atoms with van der Waals surface area (Å²) in [5, 5.41) is 20.8. The molecule has 0 unspecified atom stereocenters. The van der Waals surface area contributed by atoms with Crippen LogP contribution >= 0.6 is 0 Å². The molecule has 1 saturated carbocycles. The highest BCUT2D eigenvalue weighted by molar-refractivity contribution is 4.99. The molecule has 1 rings (SSSR count). The Kier molecular flexibility index (Phi) is 5.94. The van der Waals surface area contributed by atoms with Crippen molar-refractivity contribution in [3.8, 4) is 0 Å². The zero-order valence-electron chi connectivity index (χ0n) is 11.7. The number of hydrogen-bond donors (Lipinski definition) is 2. The number of rotatable bonds is 7. The Hall–Kier alpha value is -0.0800. The molecule has 1 fully saturated rings. The van der Waals surface area contributed by atoms with Gasteiger partial charge >= 0.3 is 0 Å². The Balaban J connectivity index is 2.24. The van der Waals surface area contributed by atoms with Gasteiger partial charge in [0.15, 0.2) is 0 Å². The van der Waals surface area contributed by atoms with Gasteiger partial charge in [-0.1, -0.05) is 58.3 Å². The molecular weight excluding hydrogens is 212 g/mol. The van der Waals surface area contributed by atoms with Crippen molar-refractivity contribution < 1.29 is 10.2 Å². The summed E-state index contributed by atoms with van der Waals surface area (Å²) in [7, 11) is 0. The molecule has 0 amide bonds. The van der Waals surface area contributed by atoms with Gasteiger partial charge in [-0.15, -0.1) is 0 Å². The highest BCUT2D eigenvalue weighted by Gasteiger charge is 2.46. The molecule has 0 aromatic heterocycles. The fraction of sp³-hybridized carbons (Fsp3) is 1.00. The van der Waals surface area contributed by atoms with E-state index in [1.54, 1.807) is 0 Å². The topological polar surface area (TPSA) is 40.5 Å². The smallest absolute Gasteiger partial charge is 0.0930 e. The molecule has 0 aromatic rings. The quantitative estimate of drug-likeness (QED) is 0.667. The van der Waals surface area contributed by atoms with Crippen molar-refractivity contribution >= 4 is 0 Å². The van der Waals surface area contributed by atoms with Gasteiger partial charge in [0.1, 0.15) is 0 Å². The Morgan fingerprint density at radius 3 is 2.12 bits per heavy atom. The lowest BCUT2D eigenvalue weighted by Crippen LogP contribution is -2.54. The molecular formula is C15H30O2. The van der Waals surface area contributed by atoms with Gasteiger partial charge < -0.3 is 10.2 Å². The van der Waals surface area contributed by atoms with Crippen LogP contribution in [-0.4, -0.2) is 21.4 Å². The predicted molar refractivity (Wildman–Crippen MR) is 72.0 cm³/mol. The first-order valence-corrected chi connectivity index (χ1v) is 7.46. The summed E-state index contributed by atoms with van der Waals surface area (Å²) < 4.78 is 0. The van der Waals surface area contributed by atoms with Crippen LogP contribution in [0.25, 0.3) is 0 Å². The van der Waals surface area contributed by atoms with E-state index in [0.29, 0.717) is 0 Å². The monoisotopic (exact) mass is 242 g/mol. The normalized spacial score (nSPS) is 33.9. The molecule has 0 aliphatic heterocycles. The van der Waals surface area contributed by atoms with E-state index < -0.39 is 11.2 Å². The molecule has 2 atom stereocenters. The second kappa shape index (κ2) is 6.75. The first kappa shape index (κ1) is 15.0. The van der Waals surface area contributed by atoms with Crippen molar-refractivity contribution in [3.05, 3.63) is 0 Å². The minimum absolute atomic E-state index is 0.749. The predicted octanol–water partition coefficient (Wildman–Crippen LogP) is 3.79. The summed E-state index contributed by atoms with van der Waals surface area (Å²) in [6.45, 7) is 4.03. The van der Waals surface area contributed by atoms with E-state index in [9.17, 15) is 10.2 Å². The van der Waals surface area contributed by atoms with Crippen LogP contribution in [0.4, 0.5) is 0 Å². The minimum atomic E-state index is -0.866. The van der Waals surface area contributed by atoms with E-state index in [0.717, 1.165) is 38.5 Å². The van der Waals surface area contributed by atoms with Crippen molar-refractivity contribution in [1.82, 2.24) is 0 Å². The van der Waals surface area contributed by atoms with Gasteiger partial charge in [-0.2, -0.15) is 0 Å². The molecule has 0 spiro atoms. The largest absolute Gasteiger partial charge is 0.387 e. The Morgan fingerprint density at radius 2 is 1.47 bits per heavy atom.